The monoisotopic (exact) mass is 288 g/mol. The minimum absolute atomic E-state index is 0.432. The van der Waals surface area contributed by atoms with Gasteiger partial charge in [0.05, 0.1) is 11.6 Å². The van der Waals surface area contributed by atoms with Crippen molar-refractivity contribution in [2.24, 2.45) is 0 Å². The lowest BCUT2D eigenvalue weighted by Gasteiger charge is -2.21. The first-order chi connectivity index (χ1) is 9.50. The van der Waals surface area contributed by atoms with Crippen molar-refractivity contribution in [3.63, 3.8) is 0 Å². The van der Waals surface area contributed by atoms with Gasteiger partial charge in [0.1, 0.15) is 0 Å². The summed E-state index contributed by atoms with van der Waals surface area (Å²) >= 11 is 0. The molecular formula is C14H13N2O3P. The van der Waals surface area contributed by atoms with E-state index in [1.165, 1.54) is 24.3 Å². The molecule has 0 bridgehead atoms. The summed E-state index contributed by atoms with van der Waals surface area (Å²) in [6, 6.07) is 16.9. The SMILES string of the molecule is N#Cc1ccc(C(Nc2ccccc2)P(=O)(O)O)cc1. The molecule has 5 nitrogen and oxygen atoms in total. The molecular weight excluding hydrogens is 275 g/mol. The van der Waals surface area contributed by atoms with E-state index in [9.17, 15) is 14.4 Å². The molecule has 0 fully saturated rings. The molecule has 0 spiro atoms. The van der Waals surface area contributed by atoms with E-state index in [1.54, 1.807) is 24.3 Å². The molecule has 0 aromatic heterocycles. The van der Waals surface area contributed by atoms with E-state index >= 15 is 0 Å². The molecule has 0 heterocycles. The molecule has 1 atom stereocenters. The Hall–Kier alpha value is -2.12. The summed E-state index contributed by atoms with van der Waals surface area (Å²) in [6.45, 7) is 0. The summed E-state index contributed by atoms with van der Waals surface area (Å²) in [6.07, 6.45) is 0. The van der Waals surface area contributed by atoms with E-state index in [1.807, 2.05) is 12.1 Å². The lowest BCUT2D eigenvalue weighted by molar-refractivity contribution is 0.363. The lowest BCUT2D eigenvalue weighted by atomic mass is 10.1. The predicted molar refractivity (Wildman–Crippen MR) is 76.0 cm³/mol. The van der Waals surface area contributed by atoms with Gasteiger partial charge in [-0.25, -0.2) is 0 Å². The minimum Gasteiger partial charge on any atom is -0.368 e. The van der Waals surface area contributed by atoms with Crippen molar-refractivity contribution in [2.45, 2.75) is 5.78 Å². The maximum absolute atomic E-state index is 11.7. The highest BCUT2D eigenvalue weighted by atomic mass is 31.2. The molecule has 20 heavy (non-hydrogen) atoms. The normalized spacial score (nSPS) is 12.4. The molecule has 0 saturated heterocycles. The summed E-state index contributed by atoms with van der Waals surface area (Å²) in [5.41, 5.74) is 1.49. The number of benzene rings is 2. The second kappa shape index (κ2) is 5.89. The van der Waals surface area contributed by atoms with Gasteiger partial charge in [-0.3, -0.25) is 4.57 Å². The molecule has 3 N–H and O–H groups in total. The van der Waals surface area contributed by atoms with Crippen LogP contribution < -0.4 is 5.32 Å². The average molecular weight is 288 g/mol. The number of hydrogen-bond donors (Lipinski definition) is 3. The summed E-state index contributed by atoms with van der Waals surface area (Å²) in [4.78, 5) is 19.0. The van der Waals surface area contributed by atoms with Crippen molar-refractivity contribution in [2.75, 3.05) is 5.32 Å². The summed E-state index contributed by atoms with van der Waals surface area (Å²) in [5, 5.41) is 11.6. The predicted octanol–water partition coefficient (Wildman–Crippen LogP) is 2.85. The van der Waals surface area contributed by atoms with Gasteiger partial charge in [-0.05, 0) is 29.8 Å². The third-order valence-electron chi connectivity index (χ3n) is 2.77. The van der Waals surface area contributed by atoms with Crippen molar-refractivity contribution in [3.05, 3.63) is 65.7 Å². The molecule has 0 radical (unpaired) electrons. The van der Waals surface area contributed by atoms with Crippen LogP contribution in [-0.2, 0) is 4.57 Å². The number of nitrogens with one attached hydrogen (secondary N) is 1. The van der Waals surface area contributed by atoms with Gasteiger partial charge in [-0.15, -0.1) is 0 Å². The first-order valence-corrected chi connectivity index (χ1v) is 7.56. The third-order valence-corrected chi connectivity index (χ3v) is 3.87. The largest absolute Gasteiger partial charge is 0.368 e. The number of rotatable bonds is 4. The summed E-state index contributed by atoms with van der Waals surface area (Å²) in [7, 11) is -4.38. The van der Waals surface area contributed by atoms with Crippen LogP contribution in [-0.4, -0.2) is 9.79 Å². The first-order valence-electron chi connectivity index (χ1n) is 5.87. The number of anilines is 1. The Morgan fingerprint density at radius 1 is 1.05 bits per heavy atom. The fraction of sp³-hybridized carbons (Fsp3) is 0.0714. The standard InChI is InChI=1S/C14H13N2O3P/c15-10-11-6-8-12(9-7-11)14(20(17,18)19)16-13-4-2-1-3-5-13/h1-9,14,16H,(H2,17,18,19). The van der Waals surface area contributed by atoms with Crippen LogP contribution in [0.2, 0.25) is 0 Å². The van der Waals surface area contributed by atoms with Crippen molar-refractivity contribution in [1.82, 2.24) is 0 Å². The van der Waals surface area contributed by atoms with Gasteiger partial charge in [0.15, 0.2) is 5.78 Å². The van der Waals surface area contributed by atoms with Crippen LogP contribution in [0.1, 0.15) is 16.9 Å². The van der Waals surface area contributed by atoms with Gasteiger partial charge in [-0.2, -0.15) is 5.26 Å². The lowest BCUT2D eigenvalue weighted by Crippen LogP contribution is -2.11. The maximum atomic E-state index is 11.7. The molecule has 0 aliphatic heterocycles. The van der Waals surface area contributed by atoms with Gasteiger partial charge >= 0.3 is 7.60 Å². The van der Waals surface area contributed by atoms with Crippen LogP contribution >= 0.6 is 7.60 Å². The molecule has 0 aliphatic rings. The summed E-state index contributed by atoms with van der Waals surface area (Å²) < 4.78 is 11.7. The van der Waals surface area contributed by atoms with Crippen LogP contribution in [0.3, 0.4) is 0 Å². The highest BCUT2D eigenvalue weighted by molar-refractivity contribution is 7.52. The van der Waals surface area contributed by atoms with Crippen molar-refractivity contribution in [3.8, 4) is 6.07 Å². The first kappa shape index (κ1) is 14.3. The average Bonchev–Trinajstić information content (AvgIpc) is 2.45. The molecule has 1 unspecified atom stereocenters. The van der Waals surface area contributed by atoms with E-state index in [4.69, 9.17) is 5.26 Å². The summed E-state index contributed by atoms with van der Waals surface area (Å²) in [5.74, 6) is -1.14. The molecule has 2 rings (SSSR count). The fourth-order valence-electron chi connectivity index (χ4n) is 1.79. The fourth-order valence-corrected chi connectivity index (χ4v) is 2.67. The van der Waals surface area contributed by atoms with Crippen LogP contribution in [0, 0.1) is 11.3 Å². The second-order valence-corrected chi connectivity index (χ2v) is 5.93. The number of para-hydroxylation sites is 1. The second-order valence-electron chi connectivity index (χ2n) is 4.24. The molecule has 6 heteroatoms. The molecule has 102 valence electrons. The van der Waals surface area contributed by atoms with Crippen molar-refractivity contribution in [1.29, 1.82) is 5.26 Å². The van der Waals surface area contributed by atoms with E-state index in [2.05, 4.69) is 5.32 Å². The number of hydrogen-bond acceptors (Lipinski definition) is 3. The van der Waals surface area contributed by atoms with Gasteiger partial charge in [0, 0.05) is 5.69 Å². The van der Waals surface area contributed by atoms with E-state index in [0.717, 1.165) is 0 Å². The Kier molecular flexibility index (Phi) is 4.21. The van der Waals surface area contributed by atoms with Crippen molar-refractivity contribution < 1.29 is 14.4 Å². The van der Waals surface area contributed by atoms with Gasteiger partial charge < -0.3 is 15.1 Å². The topological polar surface area (TPSA) is 93.4 Å². The van der Waals surface area contributed by atoms with E-state index in [-0.39, 0.29) is 0 Å². The van der Waals surface area contributed by atoms with Gasteiger partial charge in [-0.1, -0.05) is 30.3 Å². The number of nitrogens with zero attached hydrogens (tertiary/aromatic N) is 1. The Labute approximate surface area is 116 Å². The Bertz CT molecular complexity index is 659. The molecule has 0 aliphatic carbocycles. The van der Waals surface area contributed by atoms with Crippen LogP contribution in [0.5, 0.6) is 0 Å². The molecule has 0 amide bonds. The smallest absolute Gasteiger partial charge is 0.352 e. The van der Waals surface area contributed by atoms with Gasteiger partial charge in [0.25, 0.3) is 0 Å². The van der Waals surface area contributed by atoms with Gasteiger partial charge in [0.2, 0.25) is 0 Å². The number of nitriles is 1. The highest BCUT2D eigenvalue weighted by Crippen LogP contribution is 2.51. The maximum Gasteiger partial charge on any atom is 0.352 e. The zero-order valence-electron chi connectivity index (χ0n) is 10.5. The molecule has 0 saturated carbocycles. The van der Waals surface area contributed by atoms with Crippen LogP contribution in [0.4, 0.5) is 5.69 Å². The van der Waals surface area contributed by atoms with E-state index in [0.29, 0.717) is 16.8 Å². The minimum atomic E-state index is -4.38. The van der Waals surface area contributed by atoms with Crippen LogP contribution in [0.25, 0.3) is 0 Å². The quantitative estimate of drug-likeness (QED) is 0.752. The highest BCUT2D eigenvalue weighted by Gasteiger charge is 2.30. The molecule has 2 aromatic carbocycles. The van der Waals surface area contributed by atoms with E-state index < -0.39 is 13.4 Å². The van der Waals surface area contributed by atoms with Crippen LogP contribution in [0.15, 0.2) is 54.6 Å². The molecule has 2 aromatic rings. The Balaban J connectivity index is 2.33. The Morgan fingerprint density at radius 2 is 1.65 bits per heavy atom. The third kappa shape index (κ3) is 3.46. The zero-order valence-corrected chi connectivity index (χ0v) is 11.4. The van der Waals surface area contributed by atoms with Crippen molar-refractivity contribution >= 4 is 13.3 Å². The Morgan fingerprint density at radius 3 is 2.15 bits per heavy atom. The zero-order chi connectivity index (χ0) is 14.6.